The van der Waals surface area contributed by atoms with Crippen LogP contribution in [0, 0.1) is 0 Å². The van der Waals surface area contributed by atoms with E-state index in [4.69, 9.17) is 9.47 Å². The molecular weight excluding hydrogens is 362 g/mol. The number of nitrogens with one attached hydrogen (secondary N) is 2. The van der Waals surface area contributed by atoms with Gasteiger partial charge in [0.1, 0.15) is 6.61 Å². The first-order chi connectivity index (χ1) is 13.3. The van der Waals surface area contributed by atoms with Gasteiger partial charge >= 0.3 is 0 Å². The van der Waals surface area contributed by atoms with E-state index in [1.165, 1.54) is 11.3 Å². The summed E-state index contributed by atoms with van der Waals surface area (Å²) in [5.41, 5.74) is 2.88. The number of aromatic amines is 1. The summed E-state index contributed by atoms with van der Waals surface area (Å²) in [6.45, 7) is 0.170. The smallest absolute Gasteiger partial charge is 0.270 e. The summed E-state index contributed by atoms with van der Waals surface area (Å²) in [5.74, 6) is 0.948. The molecule has 1 aliphatic heterocycles. The monoisotopic (exact) mass is 377 g/mol. The molecule has 4 aromatic rings. The Kier molecular flexibility index (Phi) is 3.79. The molecule has 2 aromatic heterocycles. The van der Waals surface area contributed by atoms with Crippen LogP contribution in [0.4, 0.5) is 5.13 Å². The summed E-state index contributed by atoms with van der Waals surface area (Å²) in [7, 11) is 0. The molecule has 0 fully saturated rings. The van der Waals surface area contributed by atoms with Crippen LogP contribution in [0.5, 0.6) is 11.5 Å². The van der Waals surface area contributed by atoms with Crippen LogP contribution in [-0.2, 0) is 4.79 Å². The fourth-order valence-corrected chi connectivity index (χ4v) is 3.79. The molecule has 1 aliphatic rings. The van der Waals surface area contributed by atoms with Crippen LogP contribution < -0.4 is 14.8 Å². The normalized spacial score (nSPS) is 15.6. The van der Waals surface area contributed by atoms with Crippen LogP contribution in [0.15, 0.2) is 60.1 Å². The van der Waals surface area contributed by atoms with Crippen molar-refractivity contribution in [3.05, 3.63) is 60.1 Å². The van der Waals surface area contributed by atoms with Gasteiger partial charge in [-0.1, -0.05) is 30.3 Å². The zero-order valence-electron chi connectivity index (χ0n) is 14.1. The number of fused-ring (bicyclic) bond motifs is 2. The molecule has 5 rings (SSSR count). The van der Waals surface area contributed by atoms with Gasteiger partial charge in [0.25, 0.3) is 5.91 Å². The summed E-state index contributed by atoms with van der Waals surface area (Å²) < 4.78 is 11.3. The molecule has 27 heavy (non-hydrogen) atoms. The predicted octanol–water partition coefficient (Wildman–Crippen LogP) is 4.07. The van der Waals surface area contributed by atoms with Crippen LogP contribution in [-0.4, -0.2) is 28.6 Å². The van der Waals surface area contributed by atoms with E-state index >= 15 is 0 Å². The number of carbonyl (C=O) groups excluding carboxylic acids is 1. The number of aromatic nitrogens is 2. The van der Waals surface area contributed by atoms with Crippen molar-refractivity contribution in [3.63, 3.8) is 0 Å². The molecule has 7 heteroatoms. The number of hydrogen-bond donors (Lipinski definition) is 2. The van der Waals surface area contributed by atoms with E-state index in [9.17, 15) is 4.79 Å². The minimum Gasteiger partial charge on any atom is -0.485 e. The molecule has 0 spiro atoms. The van der Waals surface area contributed by atoms with E-state index in [1.807, 2.05) is 54.0 Å². The molecule has 134 valence electrons. The van der Waals surface area contributed by atoms with Crippen LogP contribution >= 0.6 is 11.3 Å². The number of ether oxygens (including phenoxy) is 2. The second kappa shape index (κ2) is 6.44. The Hall–Kier alpha value is -3.32. The van der Waals surface area contributed by atoms with Gasteiger partial charge in [-0.05, 0) is 18.2 Å². The van der Waals surface area contributed by atoms with Crippen molar-refractivity contribution < 1.29 is 14.3 Å². The molecule has 6 nitrogen and oxygen atoms in total. The molecular formula is C20H15N3O3S. The topological polar surface area (TPSA) is 76.2 Å². The predicted molar refractivity (Wildman–Crippen MR) is 104 cm³/mol. The highest BCUT2D eigenvalue weighted by atomic mass is 32.1. The molecule has 2 N–H and O–H groups in total. The molecule has 3 heterocycles. The quantitative estimate of drug-likeness (QED) is 0.564. The average Bonchev–Trinajstić information content (AvgIpc) is 3.34. The van der Waals surface area contributed by atoms with E-state index in [1.54, 1.807) is 6.07 Å². The number of para-hydroxylation sites is 3. The Balaban J connectivity index is 1.33. The van der Waals surface area contributed by atoms with E-state index < -0.39 is 6.10 Å². The zero-order valence-corrected chi connectivity index (χ0v) is 15.0. The number of amides is 1. The van der Waals surface area contributed by atoms with E-state index in [0.717, 1.165) is 22.2 Å². The van der Waals surface area contributed by atoms with Gasteiger partial charge in [0.2, 0.25) is 6.10 Å². The fraction of sp³-hybridized carbons (Fsp3) is 0.100. The molecule has 0 radical (unpaired) electrons. The van der Waals surface area contributed by atoms with Crippen molar-refractivity contribution in [1.29, 1.82) is 0 Å². The van der Waals surface area contributed by atoms with Crippen molar-refractivity contribution in [2.45, 2.75) is 6.10 Å². The van der Waals surface area contributed by atoms with Crippen LogP contribution in [0.2, 0.25) is 0 Å². The zero-order chi connectivity index (χ0) is 18.2. The Morgan fingerprint density at radius 1 is 1.15 bits per heavy atom. The molecule has 0 saturated heterocycles. The summed E-state index contributed by atoms with van der Waals surface area (Å²) in [5, 5.41) is 6.38. The molecule has 2 aromatic carbocycles. The number of hydrogen-bond acceptors (Lipinski definition) is 5. The van der Waals surface area contributed by atoms with Gasteiger partial charge < -0.3 is 14.5 Å². The van der Waals surface area contributed by atoms with E-state index in [0.29, 0.717) is 16.6 Å². The molecule has 0 aliphatic carbocycles. The lowest BCUT2D eigenvalue weighted by molar-refractivity contribution is -0.125. The highest BCUT2D eigenvalue weighted by molar-refractivity contribution is 7.14. The van der Waals surface area contributed by atoms with Gasteiger partial charge in [-0.15, -0.1) is 11.3 Å². The van der Waals surface area contributed by atoms with E-state index in [2.05, 4.69) is 15.3 Å². The summed E-state index contributed by atoms with van der Waals surface area (Å²) in [6, 6.07) is 15.4. The first-order valence-corrected chi connectivity index (χ1v) is 9.37. The second-order valence-electron chi connectivity index (χ2n) is 6.14. The molecule has 0 saturated carbocycles. The second-order valence-corrected chi connectivity index (χ2v) is 7.00. The molecule has 1 atom stereocenters. The highest BCUT2D eigenvalue weighted by Crippen LogP contribution is 2.33. The first-order valence-electron chi connectivity index (χ1n) is 8.49. The number of benzene rings is 2. The lowest BCUT2D eigenvalue weighted by Gasteiger charge is -2.25. The number of rotatable bonds is 3. The third-order valence-corrected chi connectivity index (χ3v) is 5.16. The lowest BCUT2D eigenvalue weighted by atomic mass is 10.1. The maximum Gasteiger partial charge on any atom is 0.270 e. The lowest BCUT2D eigenvalue weighted by Crippen LogP contribution is -2.40. The minimum absolute atomic E-state index is 0.170. The summed E-state index contributed by atoms with van der Waals surface area (Å²) in [6.07, 6.45) is 1.22. The summed E-state index contributed by atoms with van der Waals surface area (Å²) >= 11 is 1.38. The molecule has 0 bridgehead atoms. The van der Waals surface area contributed by atoms with Gasteiger partial charge in [0.05, 0.1) is 5.69 Å². The Labute approximate surface area is 158 Å². The van der Waals surface area contributed by atoms with Crippen LogP contribution in [0.1, 0.15) is 0 Å². The Morgan fingerprint density at radius 2 is 1.96 bits per heavy atom. The van der Waals surface area contributed by atoms with Gasteiger partial charge in [-0.25, -0.2) is 4.98 Å². The van der Waals surface area contributed by atoms with Crippen molar-refractivity contribution in [3.8, 4) is 22.8 Å². The number of thiazole rings is 1. The summed E-state index contributed by atoms with van der Waals surface area (Å²) in [4.78, 5) is 20.3. The van der Waals surface area contributed by atoms with Crippen molar-refractivity contribution in [2.75, 3.05) is 11.9 Å². The van der Waals surface area contributed by atoms with Crippen LogP contribution in [0.25, 0.3) is 22.2 Å². The Morgan fingerprint density at radius 3 is 2.89 bits per heavy atom. The van der Waals surface area contributed by atoms with Crippen molar-refractivity contribution in [1.82, 2.24) is 9.97 Å². The molecule has 0 unspecified atom stereocenters. The number of carbonyl (C=O) groups is 1. The van der Waals surface area contributed by atoms with Gasteiger partial charge in [0, 0.05) is 28.0 Å². The number of anilines is 1. The largest absolute Gasteiger partial charge is 0.485 e. The van der Waals surface area contributed by atoms with Crippen molar-refractivity contribution in [2.24, 2.45) is 0 Å². The Bertz CT molecular complexity index is 1130. The SMILES string of the molecule is O=C(Nc1nc(-c2c[nH]c3ccccc23)cs1)[C@H]1COc2ccccc2O1. The maximum absolute atomic E-state index is 12.5. The van der Waals surface area contributed by atoms with Gasteiger partial charge in [0.15, 0.2) is 16.6 Å². The minimum atomic E-state index is -0.708. The van der Waals surface area contributed by atoms with Crippen molar-refractivity contribution >= 4 is 33.3 Å². The third kappa shape index (κ3) is 2.92. The fourth-order valence-electron chi connectivity index (χ4n) is 3.07. The number of nitrogens with zero attached hydrogens (tertiary/aromatic N) is 1. The first kappa shape index (κ1) is 15.9. The standard InChI is InChI=1S/C20H15N3O3S/c24-19(18-10-25-16-7-3-4-8-17(16)26-18)23-20-22-15(11-27-20)13-9-21-14-6-2-1-5-12(13)14/h1-9,11,18,21H,10H2,(H,22,23,24)/t18-/m1/s1. The third-order valence-electron chi connectivity index (χ3n) is 4.40. The maximum atomic E-state index is 12.5. The van der Waals surface area contributed by atoms with Gasteiger partial charge in [-0.3, -0.25) is 10.1 Å². The number of H-pyrrole nitrogens is 1. The average molecular weight is 377 g/mol. The van der Waals surface area contributed by atoms with E-state index in [-0.39, 0.29) is 12.5 Å². The van der Waals surface area contributed by atoms with Gasteiger partial charge in [-0.2, -0.15) is 0 Å². The molecule has 1 amide bonds. The van der Waals surface area contributed by atoms with Crippen LogP contribution in [0.3, 0.4) is 0 Å². The highest BCUT2D eigenvalue weighted by Gasteiger charge is 2.28.